The van der Waals surface area contributed by atoms with Crippen LogP contribution < -0.4 is 15.2 Å². The first-order valence-electron chi connectivity index (χ1n) is 14.6. The number of rotatable bonds is 6. The van der Waals surface area contributed by atoms with Gasteiger partial charge in [-0.2, -0.15) is 0 Å². The molecular weight excluding hydrogens is 534 g/mol. The molecule has 210 valence electrons. The number of hydrogen-bond acceptors (Lipinski definition) is 4. The van der Waals surface area contributed by atoms with Gasteiger partial charge in [0.15, 0.2) is 11.4 Å². The summed E-state index contributed by atoms with van der Waals surface area (Å²) in [7, 11) is 0. The Morgan fingerprint density at radius 1 is 0.721 bits per heavy atom. The van der Waals surface area contributed by atoms with E-state index in [4.69, 9.17) is 4.74 Å². The Morgan fingerprint density at radius 2 is 1.40 bits per heavy atom. The summed E-state index contributed by atoms with van der Waals surface area (Å²) in [6.07, 6.45) is 4.84. The average Bonchev–Trinajstić information content (AvgIpc) is 3.54. The molecule has 3 aliphatic rings. The third-order valence-corrected chi connectivity index (χ3v) is 8.85. The molecule has 5 aromatic rings. The topological polar surface area (TPSA) is 54.8 Å². The molecule has 1 aromatic heterocycles. The lowest BCUT2D eigenvalue weighted by atomic mass is 9.83. The minimum atomic E-state index is -0.649. The van der Waals surface area contributed by atoms with E-state index in [0.29, 0.717) is 13.2 Å². The molecule has 1 amide bonds. The van der Waals surface area contributed by atoms with Crippen molar-refractivity contribution in [1.82, 2.24) is 9.58 Å². The van der Waals surface area contributed by atoms with E-state index >= 15 is 0 Å². The van der Waals surface area contributed by atoms with Gasteiger partial charge in [-0.15, -0.1) is 0 Å². The first-order chi connectivity index (χ1) is 21.1. The van der Waals surface area contributed by atoms with Crippen LogP contribution in [0.2, 0.25) is 0 Å². The van der Waals surface area contributed by atoms with Crippen molar-refractivity contribution in [2.24, 2.45) is 0 Å². The molecule has 2 aliphatic carbocycles. The summed E-state index contributed by atoms with van der Waals surface area (Å²) >= 11 is 0. The number of benzene rings is 4. The Kier molecular flexibility index (Phi) is 5.83. The second-order valence-electron chi connectivity index (χ2n) is 11.3. The van der Waals surface area contributed by atoms with Crippen LogP contribution in [-0.2, 0) is 25.1 Å². The summed E-state index contributed by atoms with van der Waals surface area (Å²) in [6, 6.07) is 38.2. The van der Waals surface area contributed by atoms with Gasteiger partial charge in [0.05, 0.1) is 0 Å². The predicted molar refractivity (Wildman–Crippen MR) is 166 cm³/mol. The largest absolute Gasteiger partial charge is 0.482 e. The van der Waals surface area contributed by atoms with Gasteiger partial charge in [0.25, 0.3) is 5.91 Å². The van der Waals surface area contributed by atoms with E-state index in [-0.39, 0.29) is 29.4 Å². The molecule has 0 fully saturated rings. The number of pyridine rings is 1. The Hall–Kier alpha value is -5.36. The molecule has 0 saturated heterocycles. The molecule has 0 radical (unpaired) electrons. The van der Waals surface area contributed by atoms with Crippen LogP contribution in [-0.4, -0.2) is 22.2 Å². The van der Waals surface area contributed by atoms with E-state index in [1.54, 1.807) is 6.20 Å². The normalized spacial score (nSPS) is 18.0. The zero-order valence-corrected chi connectivity index (χ0v) is 23.5. The summed E-state index contributed by atoms with van der Waals surface area (Å²) < 4.78 is 8.11. The molecule has 6 heteroatoms. The number of carbonyl (C=O) groups excluding carboxylic acids is 1. The minimum Gasteiger partial charge on any atom is -0.482 e. The van der Waals surface area contributed by atoms with Crippen LogP contribution in [0.5, 0.6) is 5.75 Å². The molecule has 0 N–H and O–H groups in total. The van der Waals surface area contributed by atoms with Crippen LogP contribution in [0.25, 0.3) is 6.08 Å². The van der Waals surface area contributed by atoms with E-state index in [1.807, 2.05) is 70.2 Å². The maximum Gasteiger partial charge on any atom is 0.278 e. The lowest BCUT2D eigenvalue weighted by Gasteiger charge is -2.49. The van der Waals surface area contributed by atoms with E-state index in [1.165, 1.54) is 33.9 Å². The van der Waals surface area contributed by atoms with Gasteiger partial charge < -0.3 is 9.64 Å². The molecule has 0 spiro atoms. The van der Waals surface area contributed by atoms with Gasteiger partial charge in [0.1, 0.15) is 18.8 Å². The number of fused-ring (bicyclic) bond motifs is 6. The Balaban J connectivity index is 1.34. The molecular formula is C37H29N3O3. The van der Waals surface area contributed by atoms with Crippen LogP contribution in [0.4, 0.5) is 0 Å². The fourth-order valence-electron chi connectivity index (χ4n) is 7.00. The Labute approximate surface area is 249 Å². The standard InChI is InChI=1S/C37H29N3O3/c41-33-19-20-39-34(35(33)43-24-27-13-5-2-6-14-27)36(42)38(23-26-11-3-1-4-12-26)25-40(39)37-30(21-28-15-7-9-17-31(28)37)22-29-16-8-10-18-32(29)37/h1-21H,22-25H2. The van der Waals surface area contributed by atoms with Crippen LogP contribution >= 0.6 is 0 Å². The van der Waals surface area contributed by atoms with Gasteiger partial charge in [0, 0.05) is 18.8 Å². The molecule has 43 heavy (non-hydrogen) atoms. The first-order valence-corrected chi connectivity index (χ1v) is 14.6. The van der Waals surface area contributed by atoms with Crippen LogP contribution in [0.1, 0.15) is 43.9 Å². The molecule has 6 nitrogen and oxygen atoms in total. The second kappa shape index (κ2) is 9.88. The summed E-state index contributed by atoms with van der Waals surface area (Å²) in [4.78, 5) is 29.7. The number of carbonyl (C=O) groups is 1. The van der Waals surface area contributed by atoms with Gasteiger partial charge in [-0.25, -0.2) is 0 Å². The number of amides is 1. The van der Waals surface area contributed by atoms with Crippen LogP contribution in [0.15, 0.2) is 132 Å². The number of hydrogen-bond donors (Lipinski definition) is 0. The highest BCUT2D eigenvalue weighted by atomic mass is 16.5. The smallest absolute Gasteiger partial charge is 0.278 e. The fraction of sp³-hybridized carbons (Fsp3) is 0.135. The average molecular weight is 564 g/mol. The molecule has 8 rings (SSSR count). The minimum absolute atomic E-state index is 0.0682. The quantitative estimate of drug-likeness (QED) is 0.259. The van der Waals surface area contributed by atoms with Crippen molar-refractivity contribution in [3.8, 4) is 5.75 Å². The third kappa shape index (κ3) is 3.87. The number of ether oxygens (including phenoxy) is 1. The van der Waals surface area contributed by atoms with Gasteiger partial charge in [0.2, 0.25) is 5.43 Å². The monoisotopic (exact) mass is 563 g/mol. The SMILES string of the molecule is O=C1c2c(OCc3ccccc3)c(=O)ccn2N(C23C(=Cc4ccccc42)Cc2ccccc23)CN1Cc1ccccc1. The molecule has 4 aromatic carbocycles. The van der Waals surface area contributed by atoms with Gasteiger partial charge in [-0.1, -0.05) is 115 Å². The van der Waals surface area contributed by atoms with Gasteiger partial charge >= 0.3 is 0 Å². The van der Waals surface area contributed by atoms with Crippen molar-refractivity contribution >= 4 is 12.0 Å². The molecule has 0 bridgehead atoms. The van der Waals surface area contributed by atoms with Gasteiger partial charge in [-0.05, 0) is 45.4 Å². The lowest BCUT2D eigenvalue weighted by molar-refractivity contribution is 0.0649. The predicted octanol–water partition coefficient (Wildman–Crippen LogP) is 5.88. The molecule has 1 atom stereocenters. The second-order valence-corrected chi connectivity index (χ2v) is 11.3. The third-order valence-electron chi connectivity index (χ3n) is 8.85. The van der Waals surface area contributed by atoms with Gasteiger partial charge in [-0.3, -0.25) is 19.3 Å². The van der Waals surface area contributed by atoms with E-state index in [0.717, 1.165) is 17.5 Å². The van der Waals surface area contributed by atoms with Crippen molar-refractivity contribution in [3.63, 3.8) is 0 Å². The van der Waals surface area contributed by atoms with E-state index in [2.05, 4.69) is 59.6 Å². The van der Waals surface area contributed by atoms with Crippen LogP contribution in [0, 0.1) is 0 Å². The highest BCUT2D eigenvalue weighted by Gasteiger charge is 2.55. The summed E-state index contributed by atoms with van der Waals surface area (Å²) in [5, 5.41) is 2.25. The molecule has 2 heterocycles. The maximum absolute atomic E-state index is 14.4. The zero-order chi connectivity index (χ0) is 29.0. The highest BCUT2D eigenvalue weighted by Crippen LogP contribution is 2.55. The van der Waals surface area contributed by atoms with Crippen LogP contribution in [0.3, 0.4) is 0 Å². The molecule has 1 aliphatic heterocycles. The highest BCUT2D eigenvalue weighted by molar-refractivity contribution is 5.96. The Morgan fingerprint density at radius 3 is 2.19 bits per heavy atom. The number of aromatic nitrogens is 1. The van der Waals surface area contributed by atoms with E-state index < -0.39 is 5.54 Å². The van der Waals surface area contributed by atoms with Crippen molar-refractivity contribution in [2.75, 3.05) is 11.7 Å². The lowest BCUT2D eigenvalue weighted by Crippen LogP contribution is -2.62. The Bertz CT molecular complexity index is 1960. The summed E-state index contributed by atoms with van der Waals surface area (Å²) in [5.74, 6) is -0.168. The first kappa shape index (κ1) is 25.4. The molecule has 1 unspecified atom stereocenters. The van der Waals surface area contributed by atoms with Crippen molar-refractivity contribution < 1.29 is 9.53 Å². The van der Waals surface area contributed by atoms with Crippen molar-refractivity contribution in [2.45, 2.75) is 25.1 Å². The summed E-state index contributed by atoms with van der Waals surface area (Å²) in [6.45, 7) is 0.901. The molecule has 0 saturated carbocycles. The fourth-order valence-corrected chi connectivity index (χ4v) is 7.00. The van der Waals surface area contributed by atoms with Crippen molar-refractivity contribution in [3.05, 3.63) is 176 Å². The zero-order valence-electron chi connectivity index (χ0n) is 23.5. The summed E-state index contributed by atoms with van der Waals surface area (Å²) in [5.41, 5.74) is 7.25. The number of nitrogens with zero attached hydrogens (tertiary/aromatic N) is 3. The maximum atomic E-state index is 14.4. The van der Waals surface area contributed by atoms with Crippen molar-refractivity contribution in [1.29, 1.82) is 0 Å². The van der Waals surface area contributed by atoms with E-state index in [9.17, 15) is 9.59 Å².